The normalized spacial score (nSPS) is 18.0. The third kappa shape index (κ3) is 12.9. The van der Waals surface area contributed by atoms with Crippen LogP contribution in [0.15, 0.2) is 17.0 Å². The van der Waals surface area contributed by atoms with E-state index in [1.165, 1.54) is 6.08 Å². The molecule has 0 radical (unpaired) electrons. The van der Waals surface area contributed by atoms with E-state index in [-0.39, 0.29) is 5.78 Å². The Kier molecular flexibility index (Phi) is 16.9. The number of ether oxygens (including phenoxy) is 3. The quantitative estimate of drug-likeness (QED) is 0.0599. The topological polar surface area (TPSA) is 142 Å². The van der Waals surface area contributed by atoms with Crippen LogP contribution in [0.5, 0.6) is 0 Å². The highest BCUT2D eigenvalue weighted by molar-refractivity contribution is 6.03. The smallest absolute Gasteiger partial charge is 0.321 e. The molecule has 198 valence electrons. The van der Waals surface area contributed by atoms with E-state index in [9.17, 15) is 14.4 Å². The van der Waals surface area contributed by atoms with Crippen LogP contribution in [0.3, 0.4) is 0 Å². The molecule has 1 fully saturated rings. The first-order chi connectivity index (χ1) is 17.5. The van der Waals surface area contributed by atoms with Gasteiger partial charge in [0.05, 0.1) is 12.5 Å². The molecule has 0 aromatic carbocycles. The van der Waals surface area contributed by atoms with Gasteiger partial charge in [-0.05, 0) is 38.5 Å². The van der Waals surface area contributed by atoms with Gasteiger partial charge in [0, 0.05) is 19.8 Å². The summed E-state index contributed by atoms with van der Waals surface area (Å²) in [7, 11) is 1.86. The fourth-order valence-electron chi connectivity index (χ4n) is 4.14. The third-order valence-corrected chi connectivity index (χ3v) is 6.08. The van der Waals surface area contributed by atoms with Gasteiger partial charge in [-0.1, -0.05) is 38.5 Å². The largest absolute Gasteiger partial charge is 0.428 e. The Labute approximate surface area is 213 Å². The zero-order chi connectivity index (χ0) is 26.4. The van der Waals surface area contributed by atoms with Crippen molar-refractivity contribution in [1.82, 2.24) is 4.90 Å². The van der Waals surface area contributed by atoms with Crippen molar-refractivity contribution >= 4 is 17.8 Å². The van der Waals surface area contributed by atoms with Crippen LogP contribution < -0.4 is 0 Å². The maximum absolute atomic E-state index is 13.3. The molecule has 0 spiro atoms. The molecule has 1 heterocycles. The van der Waals surface area contributed by atoms with E-state index >= 15 is 0 Å². The molecule has 10 heteroatoms. The number of hydrogen-bond donors (Lipinski definition) is 0. The molecule has 1 saturated heterocycles. The Morgan fingerprint density at radius 3 is 2.11 bits per heavy atom. The summed E-state index contributed by atoms with van der Waals surface area (Å²) in [4.78, 5) is 41.6. The second-order valence-corrected chi connectivity index (χ2v) is 8.91. The van der Waals surface area contributed by atoms with Gasteiger partial charge in [-0.3, -0.25) is 9.59 Å². The van der Waals surface area contributed by atoms with Crippen molar-refractivity contribution in [3.05, 3.63) is 12.0 Å². The molecule has 2 unspecified atom stereocenters. The lowest BCUT2D eigenvalue weighted by atomic mass is 9.82. The SMILES string of the molecule is CN(C=C1OC(=O)C(CCCCCCN=C=O)C(=O)C1CCCCCCOC#N)CCCCOC#N. The van der Waals surface area contributed by atoms with Gasteiger partial charge in [0.1, 0.15) is 24.9 Å². The van der Waals surface area contributed by atoms with Crippen molar-refractivity contribution in [2.24, 2.45) is 16.8 Å². The minimum absolute atomic E-state index is 0.0771. The van der Waals surface area contributed by atoms with E-state index in [0.717, 1.165) is 64.2 Å². The molecule has 2 atom stereocenters. The van der Waals surface area contributed by atoms with Gasteiger partial charge < -0.3 is 19.1 Å². The monoisotopic (exact) mass is 502 g/mol. The number of unbranched alkanes of at least 4 members (excludes halogenated alkanes) is 7. The number of cyclic esters (lactones) is 1. The summed E-state index contributed by atoms with van der Waals surface area (Å²) in [5.41, 5.74) is 0. The van der Waals surface area contributed by atoms with Gasteiger partial charge >= 0.3 is 5.97 Å². The molecule has 10 nitrogen and oxygen atoms in total. The fraction of sp³-hybridized carbons (Fsp3) is 0.731. The van der Waals surface area contributed by atoms with Crippen molar-refractivity contribution in [3.8, 4) is 12.5 Å². The number of hydrogen-bond acceptors (Lipinski definition) is 10. The number of carbonyl (C=O) groups excluding carboxylic acids is 3. The van der Waals surface area contributed by atoms with Gasteiger partial charge in [-0.15, -0.1) is 0 Å². The summed E-state index contributed by atoms with van der Waals surface area (Å²) < 4.78 is 15.1. The summed E-state index contributed by atoms with van der Waals surface area (Å²) in [6, 6.07) is 0. The van der Waals surface area contributed by atoms with Crippen molar-refractivity contribution in [2.45, 2.75) is 77.0 Å². The standard InChI is InChI=1S/C26H38N4O6/c1-30(15-9-11-17-35-20-28)18-24-22(12-6-3-5-10-16-34-19-27)25(32)23(26(33)36-24)13-7-2-4-8-14-29-21-31/h18,22-23H,2-17H2,1H3. The minimum Gasteiger partial charge on any atom is -0.428 e. The van der Waals surface area contributed by atoms with Crippen LogP contribution in [-0.2, 0) is 28.6 Å². The van der Waals surface area contributed by atoms with Gasteiger partial charge in [-0.2, -0.15) is 10.5 Å². The highest BCUT2D eigenvalue weighted by Gasteiger charge is 2.41. The number of aliphatic imine (C=N–C) groups is 1. The van der Waals surface area contributed by atoms with Crippen LogP contribution in [0.25, 0.3) is 0 Å². The average molecular weight is 503 g/mol. The first-order valence-electron chi connectivity index (χ1n) is 12.8. The molecule has 0 N–H and O–H groups in total. The Balaban J connectivity index is 2.69. The number of Topliss-reactive ketones (excluding diaryl/α,β-unsaturated/α-hetero) is 1. The molecule has 0 bridgehead atoms. The molecule has 1 aliphatic rings. The molecular formula is C26H38N4O6. The predicted molar refractivity (Wildman–Crippen MR) is 130 cm³/mol. The minimum atomic E-state index is -0.752. The van der Waals surface area contributed by atoms with Gasteiger partial charge in [0.2, 0.25) is 6.08 Å². The Hall–Kier alpha value is -3.36. The number of rotatable bonds is 20. The summed E-state index contributed by atoms with van der Waals surface area (Å²) in [5.74, 6) is -1.38. The third-order valence-electron chi connectivity index (χ3n) is 6.08. The number of nitrogens with zero attached hydrogens (tertiary/aromatic N) is 4. The van der Waals surface area contributed by atoms with Crippen molar-refractivity contribution in [2.75, 3.05) is 33.4 Å². The first-order valence-corrected chi connectivity index (χ1v) is 12.8. The number of allylic oxidation sites excluding steroid dienone is 1. The Bertz CT molecular complexity index is 825. The van der Waals surface area contributed by atoms with E-state index in [0.29, 0.717) is 44.9 Å². The van der Waals surface area contributed by atoms with E-state index in [4.69, 9.17) is 20.0 Å². The zero-order valence-corrected chi connectivity index (χ0v) is 21.3. The maximum atomic E-state index is 13.3. The van der Waals surface area contributed by atoms with Crippen LogP contribution in [-0.4, -0.2) is 56.1 Å². The fourth-order valence-corrected chi connectivity index (χ4v) is 4.14. The lowest BCUT2D eigenvalue weighted by molar-refractivity contribution is -0.156. The van der Waals surface area contributed by atoms with Crippen LogP contribution in [0.2, 0.25) is 0 Å². The maximum Gasteiger partial charge on any atom is 0.321 e. The summed E-state index contributed by atoms with van der Waals surface area (Å²) >= 11 is 0. The van der Waals surface area contributed by atoms with Crippen LogP contribution in [0.1, 0.15) is 77.0 Å². The highest BCUT2D eigenvalue weighted by Crippen LogP contribution is 2.33. The number of isocyanates is 1. The average Bonchev–Trinajstić information content (AvgIpc) is 2.86. The molecular weight excluding hydrogens is 464 g/mol. The lowest BCUT2D eigenvalue weighted by Gasteiger charge is -2.30. The van der Waals surface area contributed by atoms with Gasteiger partial charge in [0.15, 0.2) is 5.78 Å². The molecule has 0 aromatic rings. The van der Waals surface area contributed by atoms with Gasteiger partial charge in [-0.25, -0.2) is 9.79 Å². The van der Waals surface area contributed by atoms with Gasteiger partial charge in [0.25, 0.3) is 12.5 Å². The summed E-state index contributed by atoms with van der Waals surface area (Å²) in [6.45, 7) is 1.89. The Morgan fingerprint density at radius 2 is 1.47 bits per heavy atom. The lowest BCUT2D eigenvalue weighted by Crippen LogP contribution is -2.39. The number of esters is 1. The van der Waals surface area contributed by atoms with Crippen LogP contribution in [0, 0.1) is 34.9 Å². The predicted octanol–water partition coefficient (Wildman–Crippen LogP) is 4.13. The summed E-state index contributed by atoms with van der Waals surface area (Å²) in [6.07, 6.45) is 15.7. The molecule has 0 amide bonds. The summed E-state index contributed by atoms with van der Waals surface area (Å²) in [5, 5.41) is 16.9. The highest BCUT2D eigenvalue weighted by atomic mass is 16.5. The van der Waals surface area contributed by atoms with E-state index < -0.39 is 17.8 Å². The number of nitriles is 2. The van der Waals surface area contributed by atoms with E-state index in [1.54, 1.807) is 18.7 Å². The zero-order valence-electron chi connectivity index (χ0n) is 21.3. The van der Waals surface area contributed by atoms with E-state index in [1.807, 2.05) is 11.9 Å². The molecule has 1 aliphatic heterocycles. The second kappa shape index (κ2) is 19.9. The van der Waals surface area contributed by atoms with Crippen molar-refractivity contribution in [1.29, 1.82) is 10.5 Å². The second-order valence-electron chi connectivity index (χ2n) is 8.91. The number of carbonyl (C=O) groups is 2. The first kappa shape index (κ1) is 30.7. The number of ketones is 1. The molecule has 0 aliphatic carbocycles. The van der Waals surface area contributed by atoms with Crippen LogP contribution >= 0.6 is 0 Å². The molecule has 1 rings (SSSR count). The molecule has 36 heavy (non-hydrogen) atoms. The van der Waals surface area contributed by atoms with Crippen LogP contribution in [0.4, 0.5) is 0 Å². The Morgan fingerprint density at radius 1 is 0.889 bits per heavy atom. The van der Waals surface area contributed by atoms with E-state index in [2.05, 4.69) is 9.73 Å². The molecule has 0 saturated carbocycles. The van der Waals surface area contributed by atoms with Crippen molar-refractivity contribution < 1.29 is 28.6 Å². The van der Waals surface area contributed by atoms with Crippen molar-refractivity contribution in [3.63, 3.8) is 0 Å². The molecule has 0 aromatic heterocycles.